The van der Waals surface area contributed by atoms with E-state index in [2.05, 4.69) is 30.0 Å². The molecule has 0 unspecified atom stereocenters. The summed E-state index contributed by atoms with van der Waals surface area (Å²) in [5.41, 5.74) is 5.31. The number of ether oxygens (including phenoxy) is 2. The fourth-order valence-corrected chi connectivity index (χ4v) is 3.12. The minimum absolute atomic E-state index is 0.0374. The standard InChI is InChI=1S/C25H27N3O4S/c1-17(2)13-14-31-20-10-5-9-19(15-20)24(30)26-25(33)28-27-23(29)16-32-22-12-6-8-18-7-3-4-11-21(18)22/h3-12,15,17H,13-14,16H2,1-2H3,(H,27,29)(H2,26,28,30,33). The minimum atomic E-state index is -0.444. The molecule has 33 heavy (non-hydrogen) atoms. The molecule has 8 heteroatoms. The van der Waals surface area contributed by atoms with Crippen LogP contribution in [0, 0.1) is 5.92 Å². The topological polar surface area (TPSA) is 88.7 Å². The maximum atomic E-state index is 12.4. The molecule has 0 atom stereocenters. The molecule has 0 spiro atoms. The van der Waals surface area contributed by atoms with E-state index in [4.69, 9.17) is 21.7 Å². The van der Waals surface area contributed by atoms with Gasteiger partial charge in [-0.1, -0.05) is 56.3 Å². The van der Waals surface area contributed by atoms with Crippen molar-refractivity contribution >= 4 is 39.9 Å². The van der Waals surface area contributed by atoms with Crippen LogP contribution < -0.4 is 25.6 Å². The van der Waals surface area contributed by atoms with Crippen molar-refractivity contribution in [3.05, 3.63) is 72.3 Å². The number of nitrogens with one attached hydrogen (secondary N) is 3. The van der Waals surface area contributed by atoms with Gasteiger partial charge >= 0.3 is 0 Å². The zero-order valence-electron chi connectivity index (χ0n) is 18.6. The summed E-state index contributed by atoms with van der Waals surface area (Å²) in [7, 11) is 0. The van der Waals surface area contributed by atoms with Crippen LogP contribution in [0.25, 0.3) is 10.8 Å². The van der Waals surface area contributed by atoms with E-state index in [0.29, 0.717) is 29.6 Å². The van der Waals surface area contributed by atoms with Crippen molar-refractivity contribution in [2.75, 3.05) is 13.2 Å². The van der Waals surface area contributed by atoms with Crippen LogP contribution in [-0.4, -0.2) is 30.1 Å². The van der Waals surface area contributed by atoms with E-state index in [0.717, 1.165) is 17.2 Å². The summed E-state index contributed by atoms with van der Waals surface area (Å²) >= 11 is 5.09. The van der Waals surface area contributed by atoms with Crippen LogP contribution in [0.2, 0.25) is 0 Å². The van der Waals surface area contributed by atoms with Crippen LogP contribution in [0.5, 0.6) is 11.5 Å². The molecule has 0 fully saturated rings. The summed E-state index contributed by atoms with van der Waals surface area (Å²) in [5, 5.41) is 4.42. The largest absolute Gasteiger partial charge is 0.494 e. The lowest BCUT2D eigenvalue weighted by Gasteiger charge is -2.13. The third-order valence-corrected chi connectivity index (χ3v) is 4.92. The second kappa shape index (κ2) is 11.8. The molecule has 0 bridgehead atoms. The zero-order chi connectivity index (χ0) is 23.6. The molecule has 0 saturated heterocycles. The van der Waals surface area contributed by atoms with Gasteiger partial charge in [0.25, 0.3) is 11.8 Å². The Morgan fingerprint density at radius 3 is 2.52 bits per heavy atom. The number of thiocarbonyl (C=S) groups is 1. The van der Waals surface area contributed by atoms with Gasteiger partial charge in [-0.2, -0.15) is 0 Å². The van der Waals surface area contributed by atoms with Gasteiger partial charge in [0, 0.05) is 10.9 Å². The summed E-state index contributed by atoms with van der Waals surface area (Å²) in [5.74, 6) is 0.895. The van der Waals surface area contributed by atoms with E-state index >= 15 is 0 Å². The molecule has 0 radical (unpaired) electrons. The Kier molecular flexibility index (Phi) is 8.60. The van der Waals surface area contributed by atoms with Crippen LogP contribution in [0.15, 0.2) is 66.7 Å². The number of carbonyl (C=O) groups is 2. The lowest BCUT2D eigenvalue weighted by atomic mass is 10.1. The van der Waals surface area contributed by atoms with Crippen molar-refractivity contribution < 1.29 is 19.1 Å². The first-order valence-corrected chi connectivity index (χ1v) is 11.1. The Balaban J connectivity index is 1.44. The molecular formula is C25H27N3O4S. The highest BCUT2D eigenvalue weighted by molar-refractivity contribution is 7.80. The fourth-order valence-electron chi connectivity index (χ4n) is 2.97. The predicted molar refractivity (Wildman–Crippen MR) is 132 cm³/mol. The van der Waals surface area contributed by atoms with Gasteiger partial charge in [0.2, 0.25) is 0 Å². The molecule has 3 N–H and O–H groups in total. The molecule has 172 valence electrons. The summed E-state index contributed by atoms with van der Waals surface area (Å²) in [6.07, 6.45) is 0.925. The number of hydrogen-bond donors (Lipinski definition) is 3. The van der Waals surface area contributed by atoms with Crippen LogP contribution in [0.1, 0.15) is 30.6 Å². The highest BCUT2D eigenvalue weighted by Gasteiger charge is 2.11. The van der Waals surface area contributed by atoms with Gasteiger partial charge in [-0.05, 0) is 54.2 Å². The van der Waals surface area contributed by atoms with Gasteiger partial charge in [0.1, 0.15) is 11.5 Å². The normalized spacial score (nSPS) is 10.5. The van der Waals surface area contributed by atoms with Crippen LogP contribution in [0.3, 0.4) is 0 Å². The molecular weight excluding hydrogens is 438 g/mol. The summed E-state index contributed by atoms with van der Waals surface area (Å²) in [6.45, 7) is 4.61. The Morgan fingerprint density at radius 1 is 0.939 bits per heavy atom. The smallest absolute Gasteiger partial charge is 0.276 e. The molecule has 0 aliphatic heterocycles. The SMILES string of the molecule is CC(C)CCOc1cccc(C(=O)NC(=S)NNC(=O)COc2cccc3ccccc23)c1. The van der Waals surface area contributed by atoms with E-state index < -0.39 is 11.8 Å². The number of fused-ring (bicyclic) bond motifs is 1. The molecule has 0 aliphatic rings. The maximum Gasteiger partial charge on any atom is 0.276 e. The monoisotopic (exact) mass is 465 g/mol. The van der Waals surface area contributed by atoms with Crippen LogP contribution in [-0.2, 0) is 4.79 Å². The summed E-state index contributed by atoms with van der Waals surface area (Å²) in [4.78, 5) is 24.6. The number of amides is 2. The third kappa shape index (κ3) is 7.47. The maximum absolute atomic E-state index is 12.4. The van der Waals surface area contributed by atoms with Crippen molar-refractivity contribution in [1.82, 2.24) is 16.2 Å². The molecule has 3 aromatic rings. The third-order valence-electron chi connectivity index (χ3n) is 4.71. The van der Waals surface area contributed by atoms with Crippen molar-refractivity contribution in [2.45, 2.75) is 20.3 Å². The molecule has 0 aliphatic carbocycles. The average Bonchev–Trinajstić information content (AvgIpc) is 2.81. The van der Waals surface area contributed by atoms with Gasteiger partial charge in [-0.25, -0.2) is 0 Å². The molecule has 0 aromatic heterocycles. The molecule has 7 nitrogen and oxygen atoms in total. The number of hydrazine groups is 1. The van der Waals surface area contributed by atoms with Gasteiger partial charge in [0.05, 0.1) is 6.61 Å². The quantitative estimate of drug-likeness (QED) is 0.345. The second-order valence-corrected chi connectivity index (χ2v) is 8.19. The highest BCUT2D eigenvalue weighted by atomic mass is 32.1. The summed E-state index contributed by atoms with van der Waals surface area (Å²) < 4.78 is 11.3. The number of benzene rings is 3. The first kappa shape index (κ1) is 24.0. The van der Waals surface area contributed by atoms with E-state index in [9.17, 15) is 9.59 Å². The van der Waals surface area contributed by atoms with E-state index in [1.165, 1.54) is 0 Å². The molecule has 2 amide bonds. The predicted octanol–water partition coefficient (Wildman–Crippen LogP) is 3.98. The highest BCUT2D eigenvalue weighted by Crippen LogP contribution is 2.24. The van der Waals surface area contributed by atoms with Gasteiger partial charge in [-0.3, -0.25) is 25.8 Å². The number of rotatable bonds is 8. The van der Waals surface area contributed by atoms with Crippen molar-refractivity contribution in [3.63, 3.8) is 0 Å². The fraction of sp³-hybridized carbons (Fsp3) is 0.240. The Labute approximate surface area is 198 Å². The van der Waals surface area contributed by atoms with E-state index in [1.54, 1.807) is 30.3 Å². The lowest BCUT2D eigenvalue weighted by molar-refractivity contribution is -0.123. The minimum Gasteiger partial charge on any atom is -0.494 e. The van der Waals surface area contributed by atoms with E-state index in [1.807, 2.05) is 36.4 Å². The van der Waals surface area contributed by atoms with Crippen molar-refractivity contribution in [3.8, 4) is 11.5 Å². The van der Waals surface area contributed by atoms with Crippen LogP contribution >= 0.6 is 12.2 Å². The number of carbonyl (C=O) groups excluding carboxylic acids is 2. The Hall–Kier alpha value is -3.65. The van der Waals surface area contributed by atoms with Crippen molar-refractivity contribution in [1.29, 1.82) is 0 Å². The second-order valence-electron chi connectivity index (χ2n) is 7.78. The van der Waals surface area contributed by atoms with Crippen LogP contribution in [0.4, 0.5) is 0 Å². The average molecular weight is 466 g/mol. The lowest BCUT2D eigenvalue weighted by Crippen LogP contribution is -2.49. The molecule has 0 heterocycles. The van der Waals surface area contributed by atoms with Crippen molar-refractivity contribution in [2.24, 2.45) is 5.92 Å². The first-order chi connectivity index (χ1) is 15.9. The molecule has 3 aromatic carbocycles. The molecule has 0 saturated carbocycles. The Bertz CT molecular complexity index is 1130. The zero-order valence-corrected chi connectivity index (χ0v) is 19.4. The Morgan fingerprint density at radius 2 is 1.70 bits per heavy atom. The summed E-state index contributed by atoms with van der Waals surface area (Å²) in [6, 6.07) is 20.2. The van der Waals surface area contributed by atoms with Gasteiger partial charge in [-0.15, -0.1) is 0 Å². The first-order valence-electron chi connectivity index (χ1n) is 10.7. The van der Waals surface area contributed by atoms with Gasteiger partial charge in [0.15, 0.2) is 11.7 Å². The van der Waals surface area contributed by atoms with Gasteiger partial charge < -0.3 is 9.47 Å². The van der Waals surface area contributed by atoms with E-state index in [-0.39, 0.29) is 11.7 Å². The molecule has 3 rings (SSSR count). The number of hydrogen-bond acceptors (Lipinski definition) is 5.